The van der Waals surface area contributed by atoms with Gasteiger partial charge in [0, 0.05) is 19.6 Å². The monoisotopic (exact) mass is 390 g/mol. The largest absolute Gasteiger partial charge is 0.454 e. The van der Waals surface area contributed by atoms with Crippen LogP contribution in [0, 0.1) is 11.6 Å². The molecule has 2 aromatic rings. The van der Waals surface area contributed by atoms with Crippen LogP contribution in [-0.4, -0.2) is 50.4 Å². The predicted molar refractivity (Wildman–Crippen MR) is 96.4 cm³/mol. The highest BCUT2D eigenvalue weighted by Crippen LogP contribution is 2.35. The van der Waals surface area contributed by atoms with Crippen LogP contribution >= 0.6 is 0 Å². The van der Waals surface area contributed by atoms with E-state index in [1.165, 1.54) is 6.07 Å². The third kappa shape index (κ3) is 3.79. The Balaban J connectivity index is 1.55. The lowest BCUT2D eigenvalue weighted by Gasteiger charge is -2.35. The van der Waals surface area contributed by atoms with Crippen LogP contribution in [0.4, 0.5) is 8.78 Å². The maximum atomic E-state index is 13.9. The summed E-state index contributed by atoms with van der Waals surface area (Å²) in [5.74, 6) is -1.24. The highest BCUT2D eigenvalue weighted by Gasteiger charge is 2.26. The van der Waals surface area contributed by atoms with Gasteiger partial charge in [0.15, 0.2) is 11.5 Å². The summed E-state index contributed by atoms with van der Waals surface area (Å²) in [5, 5.41) is 2.67. The van der Waals surface area contributed by atoms with Gasteiger partial charge in [0.2, 0.25) is 6.79 Å². The normalized spacial score (nSPS) is 17.4. The molecule has 0 unspecified atom stereocenters. The van der Waals surface area contributed by atoms with Gasteiger partial charge in [-0.2, -0.15) is 0 Å². The van der Waals surface area contributed by atoms with Crippen LogP contribution in [0.5, 0.6) is 11.5 Å². The molecule has 28 heavy (non-hydrogen) atoms. The number of carbonyl (C=O) groups excluding carboxylic acids is 1. The molecular formula is C20H20F2N2O4. The fourth-order valence-electron chi connectivity index (χ4n) is 3.46. The molecule has 0 radical (unpaired) electrons. The molecule has 1 fully saturated rings. The van der Waals surface area contributed by atoms with E-state index in [-0.39, 0.29) is 19.4 Å². The van der Waals surface area contributed by atoms with E-state index in [4.69, 9.17) is 14.2 Å². The number of fused-ring (bicyclic) bond motifs is 1. The van der Waals surface area contributed by atoms with Crippen molar-refractivity contribution in [2.45, 2.75) is 6.04 Å². The van der Waals surface area contributed by atoms with Crippen LogP contribution in [0.3, 0.4) is 0 Å². The van der Waals surface area contributed by atoms with Crippen LogP contribution < -0.4 is 14.8 Å². The van der Waals surface area contributed by atoms with E-state index in [9.17, 15) is 13.6 Å². The Morgan fingerprint density at radius 1 is 1.07 bits per heavy atom. The number of hydrogen-bond donors (Lipinski definition) is 1. The van der Waals surface area contributed by atoms with Gasteiger partial charge in [-0.1, -0.05) is 12.1 Å². The molecule has 2 heterocycles. The fourth-order valence-corrected chi connectivity index (χ4v) is 3.46. The highest BCUT2D eigenvalue weighted by molar-refractivity contribution is 5.94. The Morgan fingerprint density at radius 3 is 2.54 bits per heavy atom. The molecule has 0 aromatic heterocycles. The first-order valence-electron chi connectivity index (χ1n) is 9.07. The minimum atomic E-state index is -0.886. The van der Waals surface area contributed by atoms with E-state index in [0.29, 0.717) is 37.8 Å². The summed E-state index contributed by atoms with van der Waals surface area (Å²) in [7, 11) is 0. The Labute approximate surface area is 161 Å². The van der Waals surface area contributed by atoms with Gasteiger partial charge in [-0.15, -0.1) is 0 Å². The molecule has 6 nitrogen and oxygen atoms in total. The molecule has 148 valence electrons. The number of nitrogens with one attached hydrogen (secondary N) is 1. The van der Waals surface area contributed by atoms with Gasteiger partial charge < -0.3 is 19.5 Å². The summed E-state index contributed by atoms with van der Waals surface area (Å²) in [6.07, 6.45) is 0. The molecule has 1 saturated heterocycles. The van der Waals surface area contributed by atoms with Crippen LogP contribution in [0.25, 0.3) is 0 Å². The summed E-state index contributed by atoms with van der Waals surface area (Å²) in [5.41, 5.74) is 0.342. The Hall–Kier alpha value is -2.71. The lowest BCUT2D eigenvalue weighted by atomic mass is 10.0. The van der Waals surface area contributed by atoms with E-state index >= 15 is 0 Å². The maximum Gasteiger partial charge on any atom is 0.257 e. The van der Waals surface area contributed by atoms with Crippen molar-refractivity contribution in [1.29, 1.82) is 0 Å². The van der Waals surface area contributed by atoms with Gasteiger partial charge in [0.05, 0.1) is 19.3 Å². The van der Waals surface area contributed by atoms with Crippen LogP contribution in [0.15, 0.2) is 36.4 Å². The lowest BCUT2D eigenvalue weighted by molar-refractivity contribution is 0.0162. The summed E-state index contributed by atoms with van der Waals surface area (Å²) in [6, 6.07) is 8.76. The number of amides is 1. The predicted octanol–water partition coefficient (Wildman–Crippen LogP) is 2.50. The average molecular weight is 390 g/mol. The standard InChI is InChI=1S/C20H20F2N2O4/c21-14-2-1-3-15(22)19(14)20(25)23-11-16(24-6-8-26-9-7-24)13-4-5-17-18(10-13)28-12-27-17/h1-5,10,16H,6-9,11-12H2,(H,23,25)/t16-/m1/s1. The highest BCUT2D eigenvalue weighted by atomic mass is 19.1. The minimum Gasteiger partial charge on any atom is -0.454 e. The molecule has 4 rings (SSSR count). The molecule has 0 aliphatic carbocycles. The van der Waals surface area contributed by atoms with Crippen LogP contribution in [0.2, 0.25) is 0 Å². The van der Waals surface area contributed by atoms with Crippen molar-refractivity contribution in [3.05, 3.63) is 59.2 Å². The maximum absolute atomic E-state index is 13.9. The zero-order chi connectivity index (χ0) is 19.5. The molecule has 8 heteroatoms. The summed E-state index contributed by atoms with van der Waals surface area (Å²) >= 11 is 0. The summed E-state index contributed by atoms with van der Waals surface area (Å²) in [6.45, 7) is 2.89. The van der Waals surface area contributed by atoms with Crippen molar-refractivity contribution in [2.24, 2.45) is 0 Å². The Kier molecular flexibility index (Phi) is 5.40. The first-order valence-corrected chi connectivity index (χ1v) is 9.07. The summed E-state index contributed by atoms with van der Waals surface area (Å²) in [4.78, 5) is 14.6. The topological polar surface area (TPSA) is 60.0 Å². The Morgan fingerprint density at radius 2 is 1.79 bits per heavy atom. The number of ether oxygens (including phenoxy) is 3. The molecule has 0 spiro atoms. The number of halogens is 2. The smallest absolute Gasteiger partial charge is 0.257 e. The number of carbonyl (C=O) groups is 1. The van der Waals surface area contributed by atoms with Crippen molar-refractivity contribution < 1.29 is 27.8 Å². The zero-order valence-electron chi connectivity index (χ0n) is 15.1. The molecule has 2 aromatic carbocycles. The van der Waals surface area contributed by atoms with Gasteiger partial charge in [0.25, 0.3) is 5.91 Å². The second-order valence-corrected chi connectivity index (χ2v) is 6.58. The SMILES string of the molecule is O=C(NC[C@H](c1ccc2c(c1)OCO2)N1CCOCC1)c1c(F)cccc1F. The van der Waals surface area contributed by atoms with Gasteiger partial charge in [-0.3, -0.25) is 9.69 Å². The number of benzene rings is 2. The first-order chi connectivity index (χ1) is 13.6. The van der Waals surface area contributed by atoms with Crippen molar-refractivity contribution in [3.8, 4) is 11.5 Å². The molecular weight excluding hydrogens is 370 g/mol. The fraction of sp³-hybridized carbons (Fsp3) is 0.350. The third-order valence-electron chi connectivity index (χ3n) is 4.91. The van der Waals surface area contributed by atoms with Gasteiger partial charge in [-0.25, -0.2) is 8.78 Å². The van der Waals surface area contributed by atoms with E-state index in [1.807, 2.05) is 18.2 Å². The van der Waals surface area contributed by atoms with E-state index in [1.54, 1.807) is 0 Å². The van der Waals surface area contributed by atoms with Crippen molar-refractivity contribution >= 4 is 5.91 Å². The molecule has 1 amide bonds. The van der Waals surface area contributed by atoms with Gasteiger partial charge in [0.1, 0.15) is 17.2 Å². The molecule has 1 atom stereocenters. The van der Waals surface area contributed by atoms with E-state index < -0.39 is 23.1 Å². The second kappa shape index (κ2) is 8.12. The van der Waals surface area contributed by atoms with Gasteiger partial charge in [-0.05, 0) is 29.8 Å². The molecule has 2 aliphatic rings. The number of nitrogens with zero attached hydrogens (tertiary/aromatic N) is 1. The van der Waals surface area contributed by atoms with Gasteiger partial charge >= 0.3 is 0 Å². The third-order valence-corrected chi connectivity index (χ3v) is 4.91. The molecule has 0 bridgehead atoms. The molecule has 2 aliphatic heterocycles. The quantitative estimate of drug-likeness (QED) is 0.850. The minimum absolute atomic E-state index is 0.171. The molecule has 0 saturated carbocycles. The van der Waals surface area contributed by atoms with E-state index in [2.05, 4.69) is 10.2 Å². The summed E-state index contributed by atoms with van der Waals surface area (Å²) < 4.78 is 44.0. The van der Waals surface area contributed by atoms with Crippen molar-refractivity contribution in [1.82, 2.24) is 10.2 Å². The molecule has 1 N–H and O–H groups in total. The van der Waals surface area contributed by atoms with Crippen molar-refractivity contribution in [2.75, 3.05) is 39.6 Å². The Bertz CT molecular complexity index is 851. The average Bonchev–Trinajstić information content (AvgIpc) is 3.17. The van der Waals surface area contributed by atoms with Crippen molar-refractivity contribution in [3.63, 3.8) is 0 Å². The number of rotatable bonds is 5. The van der Waals surface area contributed by atoms with Crippen LogP contribution in [0.1, 0.15) is 22.0 Å². The lowest BCUT2D eigenvalue weighted by Crippen LogP contribution is -2.44. The number of hydrogen-bond acceptors (Lipinski definition) is 5. The second-order valence-electron chi connectivity index (χ2n) is 6.58. The van der Waals surface area contributed by atoms with E-state index in [0.717, 1.165) is 17.7 Å². The zero-order valence-corrected chi connectivity index (χ0v) is 15.1. The first kappa shape index (κ1) is 18.6. The number of morpholine rings is 1. The van der Waals surface area contributed by atoms with Crippen LogP contribution in [-0.2, 0) is 4.74 Å².